The second-order valence-electron chi connectivity index (χ2n) is 4.22. The normalized spacial score (nSPS) is 11.9. The summed E-state index contributed by atoms with van der Waals surface area (Å²) in [5.74, 6) is -0.0965. The first kappa shape index (κ1) is 13.0. The van der Waals surface area contributed by atoms with E-state index in [1.165, 1.54) is 6.07 Å². The third kappa shape index (κ3) is 3.80. The van der Waals surface area contributed by atoms with E-state index in [9.17, 15) is 9.90 Å². The average Bonchev–Trinajstić information content (AvgIpc) is 2.28. The van der Waals surface area contributed by atoms with Crippen molar-refractivity contribution in [3.8, 4) is 11.8 Å². The number of phenols is 1. The quantitative estimate of drug-likeness (QED) is 0.828. The summed E-state index contributed by atoms with van der Waals surface area (Å²) in [6, 6.07) is 8.22. The van der Waals surface area contributed by atoms with Crippen LogP contribution in [0.5, 0.6) is 5.75 Å². The van der Waals surface area contributed by atoms with Crippen molar-refractivity contribution in [1.82, 2.24) is 5.32 Å². The van der Waals surface area contributed by atoms with Crippen LogP contribution in [-0.4, -0.2) is 17.1 Å². The molecule has 90 valence electrons. The second-order valence-corrected chi connectivity index (χ2v) is 4.22. The van der Waals surface area contributed by atoms with Gasteiger partial charge in [-0.05, 0) is 12.0 Å². The summed E-state index contributed by atoms with van der Waals surface area (Å²) in [7, 11) is 0. The highest BCUT2D eigenvalue weighted by atomic mass is 16.3. The van der Waals surface area contributed by atoms with E-state index in [1.807, 2.05) is 19.9 Å². The molecule has 1 aromatic rings. The molecule has 0 saturated carbocycles. The van der Waals surface area contributed by atoms with E-state index in [4.69, 9.17) is 5.26 Å². The number of benzene rings is 1. The fourth-order valence-electron chi connectivity index (χ4n) is 1.41. The molecule has 0 aromatic heterocycles. The fraction of sp³-hybridized carbons (Fsp3) is 0.385. The Labute approximate surface area is 101 Å². The molecular formula is C13H16N2O2. The van der Waals surface area contributed by atoms with Gasteiger partial charge >= 0.3 is 0 Å². The van der Waals surface area contributed by atoms with Crippen LogP contribution in [0.1, 0.15) is 19.4 Å². The van der Waals surface area contributed by atoms with Gasteiger partial charge in [0, 0.05) is 5.56 Å². The van der Waals surface area contributed by atoms with E-state index in [1.54, 1.807) is 18.2 Å². The second kappa shape index (κ2) is 5.90. The Morgan fingerprint density at radius 2 is 2.12 bits per heavy atom. The van der Waals surface area contributed by atoms with E-state index < -0.39 is 6.04 Å². The van der Waals surface area contributed by atoms with Crippen molar-refractivity contribution < 1.29 is 9.90 Å². The monoisotopic (exact) mass is 232 g/mol. The minimum atomic E-state index is -0.492. The molecule has 1 rings (SSSR count). The van der Waals surface area contributed by atoms with Gasteiger partial charge in [-0.1, -0.05) is 32.0 Å². The topological polar surface area (TPSA) is 73.1 Å². The number of aromatic hydroxyl groups is 1. The van der Waals surface area contributed by atoms with Crippen LogP contribution >= 0.6 is 0 Å². The van der Waals surface area contributed by atoms with Gasteiger partial charge in [-0.3, -0.25) is 4.79 Å². The van der Waals surface area contributed by atoms with Crippen molar-refractivity contribution in [2.75, 3.05) is 0 Å². The van der Waals surface area contributed by atoms with Crippen LogP contribution < -0.4 is 5.32 Å². The number of phenolic OH excluding ortho intramolecular Hbond substituents is 1. The molecule has 0 spiro atoms. The maximum absolute atomic E-state index is 11.7. The van der Waals surface area contributed by atoms with Crippen LogP contribution in [0, 0.1) is 17.2 Å². The van der Waals surface area contributed by atoms with Crippen molar-refractivity contribution in [1.29, 1.82) is 5.26 Å². The van der Waals surface area contributed by atoms with Gasteiger partial charge in [-0.2, -0.15) is 5.26 Å². The predicted octanol–water partition coefficient (Wildman–Crippen LogP) is 1.60. The molecule has 0 heterocycles. The van der Waals surface area contributed by atoms with E-state index in [2.05, 4.69) is 5.32 Å². The molecule has 0 aliphatic rings. The Morgan fingerprint density at radius 1 is 1.47 bits per heavy atom. The Morgan fingerprint density at radius 3 is 2.65 bits per heavy atom. The molecule has 0 aliphatic carbocycles. The fourth-order valence-corrected chi connectivity index (χ4v) is 1.41. The molecule has 0 radical (unpaired) electrons. The Bertz CT molecular complexity index is 435. The minimum absolute atomic E-state index is 0.0633. The zero-order valence-electron chi connectivity index (χ0n) is 9.97. The minimum Gasteiger partial charge on any atom is -0.508 e. The van der Waals surface area contributed by atoms with Gasteiger partial charge < -0.3 is 10.4 Å². The third-order valence-corrected chi connectivity index (χ3v) is 2.46. The number of nitrogens with one attached hydrogen (secondary N) is 1. The first-order valence-electron chi connectivity index (χ1n) is 5.50. The lowest BCUT2D eigenvalue weighted by Crippen LogP contribution is -2.38. The average molecular weight is 232 g/mol. The molecule has 1 atom stereocenters. The summed E-state index contributed by atoms with van der Waals surface area (Å²) in [6.07, 6.45) is 0.0809. The number of carbonyl (C=O) groups excluding carboxylic acids is 1. The predicted molar refractivity (Wildman–Crippen MR) is 64.2 cm³/mol. The van der Waals surface area contributed by atoms with Gasteiger partial charge in [0.15, 0.2) is 0 Å². The molecule has 0 bridgehead atoms. The third-order valence-electron chi connectivity index (χ3n) is 2.46. The lowest BCUT2D eigenvalue weighted by atomic mass is 10.1. The van der Waals surface area contributed by atoms with Crippen molar-refractivity contribution in [2.24, 2.45) is 5.92 Å². The number of carbonyl (C=O) groups is 1. The van der Waals surface area contributed by atoms with Crippen molar-refractivity contribution in [3.63, 3.8) is 0 Å². The van der Waals surface area contributed by atoms with Crippen LogP contribution in [0.3, 0.4) is 0 Å². The summed E-state index contributed by atoms with van der Waals surface area (Å²) in [5, 5.41) is 21.0. The van der Waals surface area contributed by atoms with E-state index in [0.717, 1.165) is 0 Å². The number of rotatable bonds is 4. The largest absolute Gasteiger partial charge is 0.508 e. The number of hydrogen-bond donors (Lipinski definition) is 2. The standard InChI is InChI=1S/C13H16N2O2/c1-9(2)11(8-14)15-13(17)7-10-5-3-4-6-12(10)16/h3-6,9,11,16H,7H2,1-2H3,(H,15,17). The number of para-hydroxylation sites is 1. The van der Waals surface area contributed by atoms with Gasteiger partial charge in [0.25, 0.3) is 0 Å². The zero-order chi connectivity index (χ0) is 12.8. The molecule has 1 unspecified atom stereocenters. The van der Waals surface area contributed by atoms with Crippen LogP contribution in [0.15, 0.2) is 24.3 Å². The molecular weight excluding hydrogens is 216 g/mol. The molecule has 4 heteroatoms. The molecule has 2 N–H and O–H groups in total. The van der Waals surface area contributed by atoms with Gasteiger partial charge in [-0.25, -0.2) is 0 Å². The number of nitriles is 1. The first-order chi connectivity index (χ1) is 8.04. The number of hydrogen-bond acceptors (Lipinski definition) is 3. The number of amides is 1. The lowest BCUT2D eigenvalue weighted by molar-refractivity contribution is -0.121. The molecule has 17 heavy (non-hydrogen) atoms. The summed E-state index contributed by atoms with van der Waals surface area (Å²) in [6.45, 7) is 3.74. The van der Waals surface area contributed by atoms with E-state index >= 15 is 0 Å². The van der Waals surface area contributed by atoms with Crippen molar-refractivity contribution in [3.05, 3.63) is 29.8 Å². The van der Waals surface area contributed by atoms with Crippen molar-refractivity contribution in [2.45, 2.75) is 26.3 Å². The van der Waals surface area contributed by atoms with Crippen LogP contribution in [-0.2, 0) is 11.2 Å². The summed E-state index contributed by atoms with van der Waals surface area (Å²) >= 11 is 0. The SMILES string of the molecule is CC(C)C(C#N)NC(=O)Cc1ccccc1O. The lowest BCUT2D eigenvalue weighted by Gasteiger charge is -2.15. The van der Waals surface area contributed by atoms with E-state index in [-0.39, 0.29) is 24.0 Å². The Balaban J connectivity index is 2.62. The summed E-state index contributed by atoms with van der Waals surface area (Å²) < 4.78 is 0. The highest BCUT2D eigenvalue weighted by Crippen LogP contribution is 2.16. The summed E-state index contributed by atoms with van der Waals surface area (Å²) in [5.41, 5.74) is 0.561. The first-order valence-corrected chi connectivity index (χ1v) is 5.50. The zero-order valence-corrected chi connectivity index (χ0v) is 9.97. The van der Waals surface area contributed by atoms with Gasteiger partial charge in [0.2, 0.25) is 5.91 Å². The highest BCUT2D eigenvalue weighted by molar-refractivity contribution is 5.79. The maximum atomic E-state index is 11.7. The van der Waals surface area contributed by atoms with Gasteiger partial charge in [0.05, 0.1) is 12.5 Å². The van der Waals surface area contributed by atoms with Gasteiger partial charge in [-0.15, -0.1) is 0 Å². The summed E-state index contributed by atoms with van der Waals surface area (Å²) in [4.78, 5) is 11.7. The van der Waals surface area contributed by atoms with E-state index in [0.29, 0.717) is 5.56 Å². The molecule has 0 aliphatic heterocycles. The molecule has 0 saturated heterocycles. The van der Waals surface area contributed by atoms with Crippen molar-refractivity contribution >= 4 is 5.91 Å². The van der Waals surface area contributed by atoms with Crippen LogP contribution in [0.2, 0.25) is 0 Å². The maximum Gasteiger partial charge on any atom is 0.225 e. The Hall–Kier alpha value is -2.02. The Kier molecular flexibility index (Phi) is 4.53. The van der Waals surface area contributed by atoms with Gasteiger partial charge in [0.1, 0.15) is 11.8 Å². The number of nitrogens with zero attached hydrogens (tertiary/aromatic N) is 1. The van der Waals surface area contributed by atoms with Crippen LogP contribution in [0.25, 0.3) is 0 Å². The smallest absolute Gasteiger partial charge is 0.225 e. The molecule has 1 aromatic carbocycles. The van der Waals surface area contributed by atoms with Crippen LogP contribution in [0.4, 0.5) is 0 Å². The highest BCUT2D eigenvalue weighted by Gasteiger charge is 2.16. The molecule has 0 fully saturated rings. The molecule has 4 nitrogen and oxygen atoms in total. The molecule has 1 amide bonds.